The lowest BCUT2D eigenvalue weighted by Crippen LogP contribution is -2.49. The minimum absolute atomic E-state index is 0.0699. The monoisotopic (exact) mass is 361 g/mol. The zero-order valence-electron chi connectivity index (χ0n) is 14.3. The first-order valence-corrected chi connectivity index (χ1v) is 8.47. The van der Waals surface area contributed by atoms with Crippen LogP contribution in [0.2, 0.25) is 0 Å². The molecule has 0 spiro atoms. The van der Waals surface area contributed by atoms with Crippen molar-refractivity contribution in [3.05, 3.63) is 65.2 Å². The zero-order chi connectivity index (χ0) is 18.5. The number of amides is 1. The highest BCUT2D eigenvalue weighted by Crippen LogP contribution is 2.26. The van der Waals surface area contributed by atoms with Gasteiger partial charge in [0, 0.05) is 32.7 Å². The number of nitrogens with zero attached hydrogens (tertiary/aromatic N) is 2. The molecular formula is C19H21F2N3O2. The van der Waals surface area contributed by atoms with E-state index in [4.69, 9.17) is 10.5 Å². The molecule has 3 rings (SSSR count). The minimum Gasteiger partial charge on any atom is -0.445 e. The summed E-state index contributed by atoms with van der Waals surface area (Å²) in [6.07, 6.45) is -0.423. The van der Waals surface area contributed by atoms with Crippen LogP contribution < -0.4 is 10.6 Å². The molecule has 1 aliphatic rings. The molecule has 2 N–H and O–H groups in total. The van der Waals surface area contributed by atoms with Crippen molar-refractivity contribution in [3.63, 3.8) is 0 Å². The smallest absolute Gasteiger partial charge is 0.410 e. The van der Waals surface area contributed by atoms with Crippen LogP contribution in [0.4, 0.5) is 19.3 Å². The quantitative estimate of drug-likeness (QED) is 0.910. The maximum atomic E-state index is 14.2. The molecule has 26 heavy (non-hydrogen) atoms. The molecule has 0 atom stereocenters. The fourth-order valence-electron chi connectivity index (χ4n) is 2.96. The normalized spacial score (nSPS) is 14.4. The van der Waals surface area contributed by atoms with Gasteiger partial charge in [-0.15, -0.1) is 0 Å². The van der Waals surface area contributed by atoms with Gasteiger partial charge in [0.25, 0.3) is 0 Å². The highest BCUT2D eigenvalue weighted by molar-refractivity contribution is 5.68. The molecule has 0 aliphatic carbocycles. The van der Waals surface area contributed by atoms with Crippen LogP contribution in [0.1, 0.15) is 11.1 Å². The van der Waals surface area contributed by atoms with Gasteiger partial charge in [-0.05, 0) is 23.3 Å². The molecule has 0 bridgehead atoms. The van der Waals surface area contributed by atoms with Gasteiger partial charge in [-0.25, -0.2) is 13.6 Å². The molecular weight excluding hydrogens is 340 g/mol. The summed E-state index contributed by atoms with van der Waals surface area (Å²) < 4.78 is 33.7. The van der Waals surface area contributed by atoms with Gasteiger partial charge < -0.3 is 20.3 Å². The Labute approximate surface area is 151 Å². The average Bonchev–Trinajstić information content (AvgIpc) is 2.67. The number of anilines is 1. The Morgan fingerprint density at radius 3 is 2.19 bits per heavy atom. The van der Waals surface area contributed by atoms with Crippen LogP contribution in [-0.4, -0.2) is 37.2 Å². The molecule has 1 fully saturated rings. The number of carbonyl (C=O) groups is 1. The lowest BCUT2D eigenvalue weighted by atomic mass is 10.1. The Kier molecular flexibility index (Phi) is 5.68. The molecule has 1 aliphatic heterocycles. The Bertz CT molecular complexity index is 740. The molecule has 1 amide bonds. The van der Waals surface area contributed by atoms with E-state index in [9.17, 15) is 13.6 Å². The van der Waals surface area contributed by atoms with Crippen LogP contribution >= 0.6 is 0 Å². The second-order valence-corrected chi connectivity index (χ2v) is 6.13. The van der Waals surface area contributed by atoms with Gasteiger partial charge in [-0.2, -0.15) is 0 Å². The van der Waals surface area contributed by atoms with Gasteiger partial charge in [0.2, 0.25) is 0 Å². The largest absolute Gasteiger partial charge is 0.445 e. The summed E-state index contributed by atoms with van der Waals surface area (Å²) in [6, 6.07) is 11.9. The Morgan fingerprint density at radius 1 is 1.00 bits per heavy atom. The van der Waals surface area contributed by atoms with Gasteiger partial charge in [-0.3, -0.25) is 0 Å². The SMILES string of the molecule is NCc1cc(F)c(N2CCN(C(=O)OCc3ccccc3)CC2)c(F)c1. The molecule has 2 aromatic rings. The summed E-state index contributed by atoms with van der Waals surface area (Å²) in [5, 5.41) is 0. The first kappa shape index (κ1) is 18.1. The summed E-state index contributed by atoms with van der Waals surface area (Å²) in [5.41, 5.74) is 6.68. The number of rotatable bonds is 4. The molecule has 1 heterocycles. The van der Waals surface area contributed by atoms with E-state index in [-0.39, 0.29) is 18.8 Å². The molecule has 1 saturated heterocycles. The lowest BCUT2D eigenvalue weighted by molar-refractivity contribution is 0.0941. The van der Waals surface area contributed by atoms with Crippen molar-refractivity contribution in [1.29, 1.82) is 0 Å². The summed E-state index contributed by atoms with van der Waals surface area (Å²) in [6.45, 7) is 1.61. The number of ether oxygens (including phenoxy) is 1. The highest BCUT2D eigenvalue weighted by Gasteiger charge is 2.26. The van der Waals surface area contributed by atoms with Crippen LogP contribution in [0, 0.1) is 11.6 Å². The molecule has 138 valence electrons. The standard InChI is InChI=1S/C19H21F2N3O2/c20-16-10-15(12-22)11-17(21)18(16)23-6-8-24(9-7-23)19(25)26-13-14-4-2-1-3-5-14/h1-5,10-11H,6-9,12-13,22H2. The third-order valence-corrected chi connectivity index (χ3v) is 4.37. The molecule has 0 aromatic heterocycles. The summed E-state index contributed by atoms with van der Waals surface area (Å²) in [4.78, 5) is 15.3. The Balaban J connectivity index is 1.56. The van der Waals surface area contributed by atoms with Gasteiger partial charge in [0.15, 0.2) is 0 Å². The van der Waals surface area contributed by atoms with E-state index in [2.05, 4.69) is 0 Å². The van der Waals surface area contributed by atoms with E-state index < -0.39 is 17.7 Å². The van der Waals surface area contributed by atoms with Crippen molar-refractivity contribution in [3.8, 4) is 0 Å². The van der Waals surface area contributed by atoms with Crippen molar-refractivity contribution in [2.24, 2.45) is 5.73 Å². The van der Waals surface area contributed by atoms with E-state index in [0.717, 1.165) is 5.56 Å². The molecule has 5 nitrogen and oxygen atoms in total. The summed E-state index contributed by atoms with van der Waals surface area (Å²) in [5.74, 6) is -1.27. The third kappa shape index (κ3) is 4.11. The topological polar surface area (TPSA) is 58.8 Å². The summed E-state index contributed by atoms with van der Waals surface area (Å²) in [7, 11) is 0. The van der Waals surface area contributed by atoms with Crippen molar-refractivity contribution in [2.45, 2.75) is 13.2 Å². The zero-order valence-corrected chi connectivity index (χ0v) is 14.3. The number of halogens is 2. The van der Waals surface area contributed by atoms with Crippen LogP contribution in [0.25, 0.3) is 0 Å². The van der Waals surface area contributed by atoms with E-state index in [1.165, 1.54) is 12.1 Å². The average molecular weight is 361 g/mol. The van der Waals surface area contributed by atoms with Crippen LogP contribution in [-0.2, 0) is 17.9 Å². The van der Waals surface area contributed by atoms with Crippen molar-refractivity contribution in [2.75, 3.05) is 31.1 Å². The molecule has 0 radical (unpaired) electrons. The van der Waals surface area contributed by atoms with Gasteiger partial charge in [-0.1, -0.05) is 30.3 Å². The van der Waals surface area contributed by atoms with Crippen molar-refractivity contribution in [1.82, 2.24) is 4.90 Å². The maximum absolute atomic E-state index is 14.2. The number of hydrogen-bond donors (Lipinski definition) is 1. The van der Waals surface area contributed by atoms with Gasteiger partial charge in [0.1, 0.15) is 23.9 Å². The Hall–Kier alpha value is -2.67. The molecule has 7 heteroatoms. The van der Waals surface area contributed by atoms with E-state index in [0.29, 0.717) is 31.7 Å². The number of piperazine rings is 1. The van der Waals surface area contributed by atoms with Gasteiger partial charge >= 0.3 is 6.09 Å². The Morgan fingerprint density at radius 2 is 1.62 bits per heavy atom. The predicted molar refractivity (Wildman–Crippen MR) is 94.7 cm³/mol. The number of benzene rings is 2. The van der Waals surface area contributed by atoms with Crippen LogP contribution in [0.15, 0.2) is 42.5 Å². The fourth-order valence-corrected chi connectivity index (χ4v) is 2.96. The van der Waals surface area contributed by atoms with Crippen molar-refractivity contribution >= 4 is 11.8 Å². The first-order chi connectivity index (χ1) is 12.6. The lowest BCUT2D eigenvalue weighted by Gasteiger charge is -2.35. The highest BCUT2D eigenvalue weighted by atomic mass is 19.1. The van der Waals surface area contributed by atoms with Gasteiger partial charge in [0.05, 0.1) is 0 Å². The summed E-state index contributed by atoms with van der Waals surface area (Å²) >= 11 is 0. The second-order valence-electron chi connectivity index (χ2n) is 6.13. The number of carbonyl (C=O) groups excluding carboxylic acids is 1. The minimum atomic E-state index is -0.634. The van der Waals surface area contributed by atoms with Crippen LogP contribution in [0.3, 0.4) is 0 Å². The number of hydrogen-bond acceptors (Lipinski definition) is 4. The maximum Gasteiger partial charge on any atom is 0.410 e. The number of nitrogens with two attached hydrogens (primary N) is 1. The molecule has 0 unspecified atom stereocenters. The fraction of sp³-hybridized carbons (Fsp3) is 0.316. The van der Waals surface area contributed by atoms with E-state index in [1.807, 2.05) is 30.3 Å². The van der Waals surface area contributed by atoms with E-state index >= 15 is 0 Å². The first-order valence-electron chi connectivity index (χ1n) is 8.47. The van der Waals surface area contributed by atoms with E-state index in [1.54, 1.807) is 9.80 Å². The predicted octanol–water partition coefficient (Wildman–Crippen LogP) is 2.88. The third-order valence-electron chi connectivity index (χ3n) is 4.37. The molecule has 2 aromatic carbocycles. The second kappa shape index (κ2) is 8.14. The van der Waals surface area contributed by atoms with Crippen molar-refractivity contribution < 1.29 is 18.3 Å². The molecule has 0 saturated carbocycles. The van der Waals surface area contributed by atoms with Crippen LogP contribution in [0.5, 0.6) is 0 Å².